The zero-order valence-electron chi connectivity index (χ0n) is 17.9. The molecule has 0 fully saturated rings. The van der Waals surface area contributed by atoms with Crippen molar-refractivity contribution in [3.63, 3.8) is 0 Å². The second-order valence-corrected chi connectivity index (χ2v) is 7.88. The van der Waals surface area contributed by atoms with Crippen LogP contribution < -0.4 is 10.2 Å². The first-order valence-electron chi connectivity index (χ1n) is 10.4. The predicted octanol–water partition coefficient (Wildman–Crippen LogP) is 4.10. The molecule has 8 heteroatoms. The highest BCUT2D eigenvalue weighted by Gasteiger charge is 2.33. The van der Waals surface area contributed by atoms with E-state index in [-0.39, 0.29) is 40.4 Å². The zero-order chi connectivity index (χ0) is 24.0. The fourth-order valence-electron chi connectivity index (χ4n) is 4.18. The van der Waals surface area contributed by atoms with Gasteiger partial charge in [0.25, 0.3) is 0 Å². The second kappa shape index (κ2) is 8.08. The van der Waals surface area contributed by atoms with E-state index in [4.69, 9.17) is 13.9 Å². The van der Waals surface area contributed by atoms with Crippen molar-refractivity contribution in [1.82, 2.24) is 0 Å². The van der Waals surface area contributed by atoms with Crippen molar-refractivity contribution < 1.29 is 33.7 Å². The molecule has 0 aliphatic carbocycles. The number of carbonyl (C=O) groups excluding carboxylic acids is 2. The first-order valence-corrected chi connectivity index (χ1v) is 10.4. The molecule has 0 saturated heterocycles. The summed E-state index contributed by atoms with van der Waals surface area (Å²) in [6, 6.07) is 15.2. The predicted molar refractivity (Wildman–Crippen MR) is 121 cm³/mol. The highest BCUT2D eigenvalue weighted by atomic mass is 16.5. The third kappa shape index (κ3) is 3.55. The van der Waals surface area contributed by atoms with E-state index in [0.717, 1.165) is 0 Å². The van der Waals surface area contributed by atoms with Crippen LogP contribution in [-0.2, 0) is 9.53 Å². The zero-order valence-corrected chi connectivity index (χ0v) is 17.9. The van der Waals surface area contributed by atoms with Crippen LogP contribution in [-0.4, -0.2) is 29.3 Å². The van der Waals surface area contributed by atoms with Crippen LogP contribution in [0.5, 0.6) is 17.2 Å². The third-order valence-corrected chi connectivity index (χ3v) is 5.81. The summed E-state index contributed by atoms with van der Waals surface area (Å²) in [5, 5.41) is 20.1. The molecule has 1 aromatic heterocycles. The van der Waals surface area contributed by atoms with Gasteiger partial charge in [-0.3, -0.25) is 9.59 Å². The van der Waals surface area contributed by atoms with E-state index in [1.807, 2.05) is 0 Å². The number of carbonyl (C=O) groups is 2. The van der Waals surface area contributed by atoms with E-state index < -0.39 is 23.3 Å². The van der Waals surface area contributed by atoms with Gasteiger partial charge in [0.15, 0.2) is 5.43 Å². The van der Waals surface area contributed by atoms with Gasteiger partial charge >= 0.3 is 11.9 Å². The molecule has 1 unspecified atom stereocenters. The van der Waals surface area contributed by atoms with Gasteiger partial charge in [0.05, 0.1) is 19.1 Å². The van der Waals surface area contributed by atoms with E-state index >= 15 is 0 Å². The number of aromatic hydroxyl groups is 2. The van der Waals surface area contributed by atoms with Crippen molar-refractivity contribution in [2.24, 2.45) is 0 Å². The average molecular weight is 458 g/mol. The summed E-state index contributed by atoms with van der Waals surface area (Å²) in [7, 11) is 1.29. The fraction of sp³-hybridized carbons (Fsp3) is 0.115. The number of ether oxygens (including phenoxy) is 2. The van der Waals surface area contributed by atoms with Crippen LogP contribution in [0.2, 0.25) is 0 Å². The van der Waals surface area contributed by atoms with Gasteiger partial charge in [0.1, 0.15) is 34.0 Å². The van der Waals surface area contributed by atoms with Gasteiger partial charge in [-0.1, -0.05) is 12.1 Å². The van der Waals surface area contributed by atoms with Crippen molar-refractivity contribution >= 4 is 22.9 Å². The Bertz CT molecular complexity index is 1500. The minimum absolute atomic E-state index is 0.0302. The monoisotopic (exact) mass is 458 g/mol. The number of methoxy groups -OCH3 is 1. The summed E-state index contributed by atoms with van der Waals surface area (Å²) < 4.78 is 16.2. The topological polar surface area (TPSA) is 123 Å². The summed E-state index contributed by atoms with van der Waals surface area (Å²) in [5.74, 6) is -1.54. The first kappa shape index (κ1) is 21.3. The van der Waals surface area contributed by atoms with E-state index in [9.17, 15) is 24.6 Å². The largest absolute Gasteiger partial charge is 0.508 e. The molecule has 0 spiro atoms. The van der Waals surface area contributed by atoms with E-state index in [2.05, 4.69) is 0 Å². The van der Waals surface area contributed by atoms with Crippen LogP contribution in [0.1, 0.15) is 33.8 Å². The van der Waals surface area contributed by atoms with Crippen molar-refractivity contribution in [3.05, 3.63) is 87.6 Å². The summed E-state index contributed by atoms with van der Waals surface area (Å²) in [6.45, 7) is 0. The van der Waals surface area contributed by atoms with Crippen LogP contribution in [0.3, 0.4) is 0 Å². The number of hydrogen-bond donors (Lipinski definition) is 2. The van der Waals surface area contributed by atoms with E-state index in [1.165, 1.54) is 31.4 Å². The molecule has 3 aromatic carbocycles. The molecule has 0 saturated carbocycles. The Morgan fingerprint density at radius 3 is 2.38 bits per heavy atom. The Labute approximate surface area is 192 Å². The number of phenols is 2. The summed E-state index contributed by atoms with van der Waals surface area (Å²) >= 11 is 0. The SMILES string of the molecule is COC(=O)c1ccc(C2CC(=O)Oc3cc(O)c4c(=O)cc(-c5ccc(O)cc5)oc4c32)cc1. The lowest BCUT2D eigenvalue weighted by Crippen LogP contribution is -2.22. The van der Waals surface area contributed by atoms with E-state index in [1.54, 1.807) is 36.4 Å². The second-order valence-electron chi connectivity index (χ2n) is 7.88. The molecule has 4 aromatic rings. The number of rotatable bonds is 3. The highest BCUT2D eigenvalue weighted by Crippen LogP contribution is 2.46. The van der Waals surface area contributed by atoms with Gasteiger partial charge in [-0.2, -0.15) is 0 Å². The first-order chi connectivity index (χ1) is 16.4. The van der Waals surface area contributed by atoms with E-state index in [0.29, 0.717) is 22.3 Å². The van der Waals surface area contributed by atoms with Gasteiger partial charge in [0, 0.05) is 29.2 Å². The van der Waals surface area contributed by atoms with Crippen LogP contribution in [0.4, 0.5) is 0 Å². The molecule has 0 bridgehead atoms. The maximum absolute atomic E-state index is 13.0. The molecule has 8 nitrogen and oxygen atoms in total. The molecule has 34 heavy (non-hydrogen) atoms. The Kier molecular flexibility index (Phi) is 5.05. The number of hydrogen-bond acceptors (Lipinski definition) is 8. The number of benzene rings is 3. The lowest BCUT2D eigenvalue weighted by molar-refractivity contribution is -0.135. The van der Waals surface area contributed by atoms with Gasteiger partial charge < -0.3 is 24.1 Å². The minimum atomic E-state index is -0.552. The lowest BCUT2D eigenvalue weighted by Gasteiger charge is -2.26. The number of phenolic OH excluding ortho intramolecular Hbond substituents is 2. The molecule has 5 rings (SSSR count). The third-order valence-electron chi connectivity index (χ3n) is 5.81. The smallest absolute Gasteiger partial charge is 0.337 e. The molecule has 1 aliphatic rings. The summed E-state index contributed by atoms with van der Waals surface area (Å²) in [6.07, 6.45) is -0.0302. The number of esters is 2. The van der Waals surface area contributed by atoms with Gasteiger partial charge in [-0.25, -0.2) is 4.79 Å². The van der Waals surface area contributed by atoms with Gasteiger partial charge in [0.2, 0.25) is 0 Å². The maximum Gasteiger partial charge on any atom is 0.337 e. The van der Waals surface area contributed by atoms with Crippen molar-refractivity contribution in [2.45, 2.75) is 12.3 Å². The molecule has 2 N–H and O–H groups in total. The molecule has 2 heterocycles. The van der Waals surface area contributed by atoms with Gasteiger partial charge in [-0.15, -0.1) is 0 Å². The Hall–Kier alpha value is -4.59. The van der Waals surface area contributed by atoms with Crippen molar-refractivity contribution in [2.75, 3.05) is 7.11 Å². The Balaban J connectivity index is 1.74. The fourth-order valence-corrected chi connectivity index (χ4v) is 4.18. The highest BCUT2D eigenvalue weighted by molar-refractivity contribution is 5.93. The van der Waals surface area contributed by atoms with Crippen LogP contribution in [0.25, 0.3) is 22.3 Å². The summed E-state index contributed by atoms with van der Waals surface area (Å²) in [5.41, 5.74) is 1.65. The van der Waals surface area contributed by atoms with Crippen LogP contribution in [0, 0.1) is 0 Å². The van der Waals surface area contributed by atoms with Gasteiger partial charge in [-0.05, 0) is 42.0 Å². The Morgan fingerprint density at radius 2 is 1.71 bits per heavy atom. The molecule has 1 aliphatic heterocycles. The number of fused-ring (bicyclic) bond motifs is 3. The van der Waals surface area contributed by atoms with Crippen LogP contribution in [0.15, 0.2) is 69.9 Å². The summed E-state index contributed by atoms with van der Waals surface area (Å²) in [4.78, 5) is 37.2. The Morgan fingerprint density at radius 1 is 1.00 bits per heavy atom. The standard InChI is InChI=1S/C26H18O8/c1-32-26(31)15-4-2-13(3-5-15)17-10-22(30)33-21-12-19(29)24-18(28)11-20(34-25(24)23(17)21)14-6-8-16(27)9-7-14/h2-9,11-12,17,27,29H,10H2,1H3. The van der Waals surface area contributed by atoms with Crippen molar-refractivity contribution in [3.8, 4) is 28.6 Å². The molecule has 0 radical (unpaired) electrons. The molecule has 0 amide bonds. The minimum Gasteiger partial charge on any atom is -0.508 e. The molecule has 170 valence electrons. The maximum atomic E-state index is 13.0. The lowest BCUT2D eigenvalue weighted by atomic mass is 9.84. The van der Waals surface area contributed by atoms with Crippen molar-refractivity contribution in [1.29, 1.82) is 0 Å². The molecular weight excluding hydrogens is 440 g/mol. The molecular formula is C26H18O8. The molecule has 1 atom stereocenters. The normalized spacial score (nSPS) is 15.0. The quantitative estimate of drug-likeness (QED) is 0.347. The van der Waals surface area contributed by atoms with Crippen LogP contribution >= 0.6 is 0 Å². The average Bonchev–Trinajstić information content (AvgIpc) is 2.83.